The minimum absolute atomic E-state index is 0.144. The molecule has 130 valence electrons. The van der Waals surface area contributed by atoms with Gasteiger partial charge in [0.25, 0.3) is 0 Å². The van der Waals surface area contributed by atoms with Crippen LogP contribution in [0.5, 0.6) is 0 Å². The predicted octanol–water partition coefficient (Wildman–Crippen LogP) is 3.65. The smallest absolute Gasteiger partial charge is 0.198 e. The molecule has 0 unspecified atom stereocenters. The van der Waals surface area contributed by atoms with Crippen LogP contribution in [0.4, 0.5) is 0 Å². The van der Waals surface area contributed by atoms with Gasteiger partial charge in [-0.05, 0) is 37.0 Å². The van der Waals surface area contributed by atoms with Gasteiger partial charge in [0.2, 0.25) is 0 Å². The number of ketones is 2. The summed E-state index contributed by atoms with van der Waals surface area (Å²) in [5, 5.41) is 9.14. The fourth-order valence-corrected chi connectivity index (χ4v) is 3.50. The minimum Gasteiger partial charge on any atom is -0.396 e. The molecular weight excluding hydrogens is 314 g/mol. The van der Waals surface area contributed by atoms with E-state index in [0.717, 1.165) is 30.8 Å². The van der Waals surface area contributed by atoms with E-state index in [1.54, 1.807) is 24.3 Å². The second kappa shape index (κ2) is 7.19. The Kier molecular flexibility index (Phi) is 5.00. The van der Waals surface area contributed by atoms with Crippen LogP contribution in [0.3, 0.4) is 0 Å². The van der Waals surface area contributed by atoms with Crippen LogP contribution in [0, 0.1) is 0 Å². The van der Waals surface area contributed by atoms with Crippen LogP contribution < -0.4 is 0 Å². The topological polar surface area (TPSA) is 57.6 Å². The lowest BCUT2D eigenvalue weighted by Crippen LogP contribution is -2.27. The zero-order valence-electron chi connectivity index (χ0n) is 14.7. The number of nitrogens with zero attached hydrogens (tertiary/aromatic N) is 1. The first-order valence-electron chi connectivity index (χ1n) is 8.84. The Labute approximate surface area is 148 Å². The number of rotatable bonds is 5. The van der Waals surface area contributed by atoms with Gasteiger partial charge in [-0.25, -0.2) is 0 Å². The molecule has 0 spiro atoms. The summed E-state index contributed by atoms with van der Waals surface area (Å²) in [4.78, 5) is 27.7. The Balaban J connectivity index is 2.09. The summed E-state index contributed by atoms with van der Waals surface area (Å²) < 4.78 is 0. The van der Waals surface area contributed by atoms with Crippen molar-refractivity contribution in [1.82, 2.24) is 4.90 Å². The zero-order chi connectivity index (χ0) is 18.0. The number of aliphatic hydroxyl groups is 1. The highest BCUT2D eigenvalue weighted by Gasteiger charge is 2.35. The Morgan fingerprint density at radius 1 is 0.920 bits per heavy atom. The third-order valence-corrected chi connectivity index (χ3v) is 4.76. The molecule has 1 aromatic rings. The normalized spacial score (nSPS) is 17.0. The molecule has 1 aliphatic heterocycles. The highest BCUT2D eigenvalue weighted by Crippen LogP contribution is 2.34. The summed E-state index contributed by atoms with van der Waals surface area (Å²) in [6.07, 6.45) is 6.19. The van der Waals surface area contributed by atoms with Crippen LogP contribution in [0.25, 0.3) is 0 Å². The van der Waals surface area contributed by atoms with Crippen molar-refractivity contribution >= 4 is 11.6 Å². The van der Waals surface area contributed by atoms with Crippen LogP contribution in [0.15, 0.2) is 59.0 Å². The number of carbonyl (C=O) groups excluding carboxylic acids is 2. The summed E-state index contributed by atoms with van der Waals surface area (Å²) in [6.45, 7) is 5.00. The van der Waals surface area contributed by atoms with Gasteiger partial charge in [-0.1, -0.05) is 38.1 Å². The third-order valence-electron chi connectivity index (χ3n) is 4.76. The van der Waals surface area contributed by atoms with E-state index in [-0.39, 0.29) is 23.7 Å². The molecule has 0 saturated carbocycles. The Morgan fingerprint density at radius 3 is 1.88 bits per heavy atom. The van der Waals surface area contributed by atoms with Crippen molar-refractivity contribution in [3.63, 3.8) is 0 Å². The van der Waals surface area contributed by atoms with Gasteiger partial charge >= 0.3 is 0 Å². The number of Topliss-reactive ketones (excluding diaryl/α,β-unsaturated/α-hetero) is 2. The Bertz CT molecular complexity index is 753. The second-order valence-corrected chi connectivity index (χ2v) is 6.24. The van der Waals surface area contributed by atoms with Gasteiger partial charge in [0.15, 0.2) is 11.6 Å². The van der Waals surface area contributed by atoms with Crippen molar-refractivity contribution in [2.24, 2.45) is 0 Å². The van der Waals surface area contributed by atoms with Gasteiger partial charge < -0.3 is 10.0 Å². The van der Waals surface area contributed by atoms with E-state index in [1.807, 2.05) is 12.2 Å². The highest BCUT2D eigenvalue weighted by atomic mass is 16.3. The average molecular weight is 337 g/mol. The fourth-order valence-electron chi connectivity index (χ4n) is 3.50. The van der Waals surface area contributed by atoms with Gasteiger partial charge in [0, 0.05) is 35.7 Å². The first kappa shape index (κ1) is 17.4. The average Bonchev–Trinajstić information content (AvgIpc) is 2.90. The standard InChI is InChI=1S/C21H23NO3/c1-3-15-12-14(13-16(4-2)22(15)10-7-11-23)19-20(24)17-8-5-6-9-18(17)21(19)25/h5-6,8-9,12-13,23H,3-4,7,10-11H2,1-2H3. The Morgan fingerprint density at radius 2 is 1.44 bits per heavy atom. The molecule has 0 aromatic heterocycles. The number of hydrogen-bond donors (Lipinski definition) is 1. The maximum absolute atomic E-state index is 12.8. The van der Waals surface area contributed by atoms with Crippen LogP contribution in [0.1, 0.15) is 53.8 Å². The SMILES string of the molecule is CCC1=CC(=C2C(=O)c3ccccc3C2=O)C=C(CC)N1CCCO. The molecule has 4 nitrogen and oxygen atoms in total. The molecule has 1 aliphatic carbocycles. The first-order valence-corrected chi connectivity index (χ1v) is 8.84. The molecule has 2 aliphatic rings. The predicted molar refractivity (Wildman–Crippen MR) is 97.3 cm³/mol. The summed E-state index contributed by atoms with van der Waals surface area (Å²) in [5.41, 5.74) is 4.13. The van der Waals surface area contributed by atoms with Crippen molar-refractivity contribution in [3.05, 3.63) is 70.1 Å². The van der Waals surface area contributed by atoms with Gasteiger partial charge in [-0.2, -0.15) is 0 Å². The Hall–Kier alpha value is -2.46. The lowest BCUT2D eigenvalue weighted by Gasteiger charge is -2.32. The summed E-state index contributed by atoms with van der Waals surface area (Å²) in [6, 6.07) is 7.01. The molecular formula is C21H23NO3. The van der Waals surface area contributed by atoms with E-state index in [0.29, 0.717) is 23.1 Å². The van der Waals surface area contributed by atoms with Crippen LogP contribution in [-0.2, 0) is 0 Å². The fraction of sp³-hybridized carbons (Fsp3) is 0.333. The molecule has 0 radical (unpaired) electrons. The molecule has 0 amide bonds. The zero-order valence-corrected chi connectivity index (χ0v) is 14.7. The number of fused-ring (bicyclic) bond motifs is 1. The summed E-state index contributed by atoms with van der Waals surface area (Å²) >= 11 is 0. The molecule has 1 heterocycles. The third kappa shape index (κ3) is 2.98. The molecule has 3 rings (SSSR count). The lowest BCUT2D eigenvalue weighted by molar-refractivity contribution is 0.0988. The molecule has 0 bridgehead atoms. The van der Waals surface area contributed by atoms with Gasteiger partial charge in [0.05, 0.1) is 5.57 Å². The lowest BCUT2D eigenvalue weighted by atomic mass is 9.96. The largest absolute Gasteiger partial charge is 0.396 e. The van der Waals surface area contributed by atoms with E-state index in [1.165, 1.54) is 0 Å². The van der Waals surface area contributed by atoms with E-state index >= 15 is 0 Å². The molecule has 0 atom stereocenters. The second-order valence-electron chi connectivity index (χ2n) is 6.24. The van der Waals surface area contributed by atoms with E-state index in [9.17, 15) is 9.59 Å². The van der Waals surface area contributed by atoms with E-state index < -0.39 is 0 Å². The van der Waals surface area contributed by atoms with Crippen LogP contribution >= 0.6 is 0 Å². The van der Waals surface area contributed by atoms with E-state index in [2.05, 4.69) is 18.7 Å². The van der Waals surface area contributed by atoms with Crippen LogP contribution in [-0.4, -0.2) is 34.7 Å². The number of benzene rings is 1. The first-order chi connectivity index (χ1) is 12.1. The van der Waals surface area contributed by atoms with Crippen molar-refractivity contribution in [2.45, 2.75) is 33.1 Å². The van der Waals surface area contributed by atoms with Gasteiger partial charge in [0.1, 0.15) is 0 Å². The van der Waals surface area contributed by atoms with Gasteiger partial charge in [-0.3, -0.25) is 9.59 Å². The van der Waals surface area contributed by atoms with Crippen molar-refractivity contribution in [3.8, 4) is 0 Å². The number of allylic oxidation sites excluding steroid dienone is 6. The maximum atomic E-state index is 12.8. The van der Waals surface area contributed by atoms with Crippen molar-refractivity contribution in [2.75, 3.05) is 13.2 Å². The monoisotopic (exact) mass is 337 g/mol. The van der Waals surface area contributed by atoms with Crippen molar-refractivity contribution < 1.29 is 14.7 Å². The quantitative estimate of drug-likeness (QED) is 0.658. The molecule has 0 saturated heterocycles. The summed E-state index contributed by atoms with van der Waals surface area (Å²) in [5.74, 6) is -0.365. The molecule has 4 heteroatoms. The number of aliphatic hydroxyl groups excluding tert-OH is 1. The highest BCUT2D eigenvalue weighted by molar-refractivity contribution is 6.40. The van der Waals surface area contributed by atoms with Crippen molar-refractivity contribution in [1.29, 1.82) is 0 Å². The molecule has 25 heavy (non-hydrogen) atoms. The maximum Gasteiger partial charge on any atom is 0.198 e. The number of carbonyl (C=O) groups is 2. The number of hydrogen-bond acceptors (Lipinski definition) is 4. The minimum atomic E-state index is -0.183. The van der Waals surface area contributed by atoms with Crippen LogP contribution in [0.2, 0.25) is 0 Å². The molecule has 0 fully saturated rings. The van der Waals surface area contributed by atoms with E-state index in [4.69, 9.17) is 5.11 Å². The van der Waals surface area contributed by atoms with Gasteiger partial charge in [-0.15, -0.1) is 0 Å². The molecule has 1 aromatic carbocycles. The molecule has 1 N–H and O–H groups in total. The summed E-state index contributed by atoms with van der Waals surface area (Å²) in [7, 11) is 0.